The molecule has 0 radical (unpaired) electrons. The molecule has 0 saturated heterocycles. The summed E-state index contributed by atoms with van der Waals surface area (Å²) < 4.78 is 5.34. The molecule has 2 N–H and O–H groups in total. The molecule has 0 aromatic carbocycles. The van der Waals surface area contributed by atoms with E-state index in [1.54, 1.807) is 6.26 Å². The molecule has 1 unspecified atom stereocenters. The normalized spacial score (nSPS) is 12.7. The van der Waals surface area contributed by atoms with Crippen molar-refractivity contribution in [3.05, 3.63) is 24.2 Å². The van der Waals surface area contributed by atoms with Crippen LogP contribution >= 0.6 is 0 Å². The number of nitrogens with zero attached hydrogens (tertiary/aromatic N) is 2. The van der Waals surface area contributed by atoms with Gasteiger partial charge in [0.25, 0.3) is 0 Å². The molecule has 0 spiro atoms. The Morgan fingerprint density at radius 2 is 2.47 bits per heavy atom. The molecule has 0 saturated carbocycles. The lowest BCUT2D eigenvalue weighted by Gasteiger charge is -2.27. The highest BCUT2D eigenvalue weighted by Crippen LogP contribution is 2.19. The van der Waals surface area contributed by atoms with E-state index in [1.807, 2.05) is 12.1 Å². The van der Waals surface area contributed by atoms with Gasteiger partial charge in [0.1, 0.15) is 5.76 Å². The van der Waals surface area contributed by atoms with Crippen molar-refractivity contribution >= 4 is 0 Å². The number of hydrogen-bond acceptors (Lipinski definition) is 4. The molecule has 0 bridgehead atoms. The molecule has 0 aliphatic heterocycles. The predicted octanol–water partition coefficient (Wildman–Crippen LogP) is 1.51. The summed E-state index contributed by atoms with van der Waals surface area (Å²) in [6.07, 6.45) is 2.17. The van der Waals surface area contributed by atoms with E-state index in [0.29, 0.717) is 13.0 Å². The predicted molar refractivity (Wildman–Crippen MR) is 58.0 cm³/mol. The molecule has 4 heteroatoms. The minimum atomic E-state index is 0.0818. The first-order valence-electron chi connectivity index (χ1n) is 5.18. The summed E-state index contributed by atoms with van der Waals surface area (Å²) in [4.78, 5) is 2.15. The highest BCUT2D eigenvalue weighted by molar-refractivity contribution is 5.05. The van der Waals surface area contributed by atoms with Gasteiger partial charge in [-0.05, 0) is 18.7 Å². The van der Waals surface area contributed by atoms with Crippen molar-refractivity contribution in [2.75, 3.05) is 19.6 Å². The van der Waals surface area contributed by atoms with E-state index >= 15 is 0 Å². The zero-order valence-corrected chi connectivity index (χ0v) is 9.02. The molecular formula is C11H17N3O. The van der Waals surface area contributed by atoms with Crippen LogP contribution in [0.4, 0.5) is 0 Å². The van der Waals surface area contributed by atoms with Gasteiger partial charge in [-0.2, -0.15) is 5.26 Å². The second kappa shape index (κ2) is 6.23. The minimum Gasteiger partial charge on any atom is -0.468 e. The van der Waals surface area contributed by atoms with Crippen molar-refractivity contribution in [1.82, 2.24) is 4.90 Å². The van der Waals surface area contributed by atoms with Gasteiger partial charge in [0, 0.05) is 19.5 Å². The molecule has 0 aliphatic rings. The zero-order chi connectivity index (χ0) is 11.1. The fraction of sp³-hybridized carbons (Fsp3) is 0.545. The number of nitrogens with two attached hydrogens (primary N) is 1. The SMILES string of the molecule is CCN(CCC#N)C(CN)c1ccco1. The Morgan fingerprint density at radius 1 is 1.67 bits per heavy atom. The number of hydrogen-bond donors (Lipinski definition) is 1. The van der Waals surface area contributed by atoms with Crippen molar-refractivity contribution in [2.45, 2.75) is 19.4 Å². The third-order valence-electron chi connectivity index (χ3n) is 2.45. The van der Waals surface area contributed by atoms with Gasteiger partial charge >= 0.3 is 0 Å². The lowest BCUT2D eigenvalue weighted by molar-refractivity contribution is 0.192. The summed E-state index contributed by atoms with van der Waals surface area (Å²) in [5, 5.41) is 8.56. The van der Waals surface area contributed by atoms with Gasteiger partial charge in [0.2, 0.25) is 0 Å². The van der Waals surface area contributed by atoms with Crippen LogP contribution in [0.2, 0.25) is 0 Å². The molecule has 15 heavy (non-hydrogen) atoms. The van der Waals surface area contributed by atoms with Crippen molar-refractivity contribution in [1.29, 1.82) is 5.26 Å². The molecular weight excluding hydrogens is 190 g/mol. The van der Waals surface area contributed by atoms with E-state index in [4.69, 9.17) is 15.4 Å². The molecule has 0 fully saturated rings. The standard InChI is InChI=1S/C11H17N3O/c1-2-14(7-4-6-12)10(9-13)11-5-3-8-15-11/h3,5,8,10H,2,4,7,9,13H2,1H3. The fourth-order valence-electron chi connectivity index (χ4n) is 1.65. The van der Waals surface area contributed by atoms with Crippen molar-refractivity contribution < 1.29 is 4.42 Å². The molecule has 1 heterocycles. The Bertz CT molecular complexity index is 302. The summed E-state index contributed by atoms with van der Waals surface area (Å²) in [6, 6.07) is 6.01. The Hall–Kier alpha value is -1.31. The third-order valence-corrected chi connectivity index (χ3v) is 2.45. The van der Waals surface area contributed by atoms with Crippen LogP contribution in [0.25, 0.3) is 0 Å². The molecule has 1 aromatic rings. The van der Waals surface area contributed by atoms with Gasteiger partial charge in [0.15, 0.2) is 0 Å². The molecule has 1 aromatic heterocycles. The van der Waals surface area contributed by atoms with Crippen LogP contribution < -0.4 is 5.73 Å². The van der Waals surface area contributed by atoms with Crippen LogP contribution in [0.3, 0.4) is 0 Å². The van der Waals surface area contributed by atoms with Crippen LogP contribution in [-0.2, 0) is 0 Å². The summed E-state index contributed by atoms with van der Waals surface area (Å²) in [6.45, 7) is 4.16. The highest BCUT2D eigenvalue weighted by atomic mass is 16.3. The average molecular weight is 207 g/mol. The molecule has 0 amide bonds. The second-order valence-electron chi connectivity index (χ2n) is 3.30. The van der Waals surface area contributed by atoms with E-state index < -0.39 is 0 Å². The lowest BCUT2D eigenvalue weighted by Crippen LogP contribution is -2.34. The first-order chi connectivity index (χ1) is 7.33. The number of rotatable bonds is 6. The van der Waals surface area contributed by atoms with Crippen LogP contribution in [0.5, 0.6) is 0 Å². The Balaban J connectivity index is 2.67. The highest BCUT2D eigenvalue weighted by Gasteiger charge is 2.19. The number of nitriles is 1. The summed E-state index contributed by atoms with van der Waals surface area (Å²) in [7, 11) is 0. The van der Waals surface area contributed by atoms with Crippen LogP contribution in [0.15, 0.2) is 22.8 Å². The summed E-state index contributed by atoms with van der Waals surface area (Å²) in [5.41, 5.74) is 5.73. The van der Waals surface area contributed by atoms with E-state index in [9.17, 15) is 0 Å². The van der Waals surface area contributed by atoms with E-state index in [0.717, 1.165) is 18.8 Å². The second-order valence-corrected chi connectivity index (χ2v) is 3.30. The average Bonchev–Trinajstić information content (AvgIpc) is 2.77. The maximum atomic E-state index is 8.56. The quantitative estimate of drug-likeness (QED) is 0.768. The van der Waals surface area contributed by atoms with Crippen molar-refractivity contribution in [3.63, 3.8) is 0 Å². The monoisotopic (exact) mass is 207 g/mol. The van der Waals surface area contributed by atoms with Gasteiger partial charge in [0.05, 0.1) is 18.4 Å². The largest absolute Gasteiger partial charge is 0.468 e. The number of furan rings is 1. The fourth-order valence-corrected chi connectivity index (χ4v) is 1.65. The van der Waals surface area contributed by atoms with Gasteiger partial charge in [-0.15, -0.1) is 0 Å². The molecule has 1 rings (SSSR count). The smallest absolute Gasteiger partial charge is 0.122 e. The van der Waals surface area contributed by atoms with Gasteiger partial charge in [-0.3, -0.25) is 4.90 Å². The van der Waals surface area contributed by atoms with Crippen LogP contribution in [0, 0.1) is 11.3 Å². The topological polar surface area (TPSA) is 66.2 Å². The zero-order valence-electron chi connectivity index (χ0n) is 9.02. The molecule has 82 valence electrons. The Labute approximate surface area is 90.3 Å². The minimum absolute atomic E-state index is 0.0818. The van der Waals surface area contributed by atoms with E-state index in [-0.39, 0.29) is 6.04 Å². The molecule has 4 nitrogen and oxygen atoms in total. The van der Waals surface area contributed by atoms with Crippen molar-refractivity contribution in [2.24, 2.45) is 5.73 Å². The first-order valence-corrected chi connectivity index (χ1v) is 5.18. The Morgan fingerprint density at radius 3 is 2.93 bits per heavy atom. The third kappa shape index (κ3) is 3.08. The van der Waals surface area contributed by atoms with E-state index in [1.165, 1.54) is 0 Å². The molecule has 0 aliphatic carbocycles. The van der Waals surface area contributed by atoms with Gasteiger partial charge < -0.3 is 10.2 Å². The summed E-state index contributed by atoms with van der Waals surface area (Å²) >= 11 is 0. The molecule has 1 atom stereocenters. The first kappa shape index (κ1) is 11.8. The van der Waals surface area contributed by atoms with E-state index in [2.05, 4.69) is 17.9 Å². The van der Waals surface area contributed by atoms with Gasteiger partial charge in [-0.25, -0.2) is 0 Å². The van der Waals surface area contributed by atoms with Crippen LogP contribution in [-0.4, -0.2) is 24.5 Å². The van der Waals surface area contributed by atoms with Crippen LogP contribution in [0.1, 0.15) is 25.1 Å². The van der Waals surface area contributed by atoms with Crippen molar-refractivity contribution in [3.8, 4) is 6.07 Å². The maximum Gasteiger partial charge on any atom is 0.122 e. The Kier molecular flexibility index (Phi) is 4.88. The lowest BCUT2D eigenvalue weighted by atomic mass is 10.2. The van der Waals surface area contributed by atoms with Gasteiger partial charge in [-0.1, -0.05) is 6.92 Å². The summed E-state index contributed by atoms with van der Waals surface area (Å²) in [5.74, 6) is 0.872. The number of likely N-dealkylation sites (N-methyl/N-ethyl adjacent to an activating group) is 1. The maximum absolute atomic E-state index is 8.56.